The summed E-state index contributed by atoms with van der Waals surface area (Å²) in [6.45, 7) is 4.26. The van der Waals surface area contributed by atoms with Gasteiger partial charge in [0.25, 0.3) is 0 Å². The van der Waals surface area contributed by atoms with Crippen LogP contribution in [0.2, 0.25) is 0 Å². The minimum Gasteiger partial charge on any atom is -0.466 e. The zero-order valence-corrected chi connectivity index (χ0v) is 9.73. The van der Waals surface area contributed by atoms with E-state index in [4.69, 9.17) is 4.42 Å². The van der Waals surface area contributed by atoms with Crippen LogP contribution in [0.1, 0.15) is 23.1 Å². The number of sulfone groups is 1. The summed E-state index contributed by atoms with van der Waals surface area (Å²) in [7, 11) is -2.89. The lowest BCUT2D eigenvalue weighted by Gasteiger charge is -2.23. The maximum absolute atomic E-state index is 11.5. The summed E-state index contributed by atoms with van der Waals surface area (Å²) in [5.74, 6) is 2.04. The van der Waals surface area contributed by atoms with E-state index in [2.05, 4.69) is 5.32 Å². The van der Waals surface area contributed by atoms with Crippen molar-refractivity contribution in [3.05, 3.63) is 23.2 Å². The summed E-state index contributed by atoms with van der Waals surface area (Å²) >= 11 is 0. The summed E-state index contributed by atoms with van der Waals surface area (Å²) in [6.07, 6.45) is 0. The van der Waals surface area contributed by atoms with Crippen LogP contribution in [0, 0.1) is 13.8 Å². The highest BCUT2D eigenvalue weighted by Gasteiger charge is 2.27. The van der Waals surface area contributed by atoms with E-state index in [0.29, 0.717) is 6.54 Å². The van der Waals surface area contributed by atoms with Gasteiger partial charge in [0.2, 0.25) is 0 Å². The van der Waals surface area contributed by atoms with Gasteiger partial charge in [-0.2, -0.15) is 0 Å². The molecule has 15 heavy (non-hydrogen) atoms. The number of nitrogens with one attached hydrogen (secondary N) is 1. The molecular formula is C10H15NO3S. The van der Waals surface area contributed by atoms with Gasteiger partial charge in [-0.05, 0) is 19.9 Å². The number of hydrogen-bond acceptors (Lipinski definition) is 4. The lowest BCUT2D eigenvalue weighted by molar-refractivity contribution is 0.486. The third-order valence-electron chi connectivity index (χ3n) is 2.68. The van der Waals surface area contributed by atoms with Crippen LogP contribution in [0.15, 0.2) is 10.5 Å². The van der Waals surface area contributed by atoms with Crippen LogP contribution >= 0.6 is 0 Å². The van der Waals surface area contributed by atoms with Crippen molar-refractivity contribution in [2.24, 2.45) is 0 Å². The van der Waals surface area contributed by atoms with Crippen molar-refractivity contribution in [2.45, 2.75) is 19.9 Å². The maximum Gasteiger partial charge on any atom is 0.153 e. The average molecular weight is 229 g/mol. The Morgan fingerprint density at radius 2 is 2.20 bits per heavy atom. The Morgan fingerprint density at radius 3 is 2.73 bits per heavy atom. The van der Waals surface area contributed by atoms with E-state index in [1.807, 2.05) is 19.9 Å². The molecule has 84 valence electrons. The summed E-state index contributed by atoms with van der Waals surface area (Å²) in [5.41, 5.74) is 0.968. The molecule has 1 aliphatic rings. The molecule has 0 amide bonds. The molecule has 0 bridgehead atoms. The van der Waals surface area contributed by atoms with Crippen molar-refractivity contribution in [3.63, 3.8) is 0 Å². The van der Waals surface area contributed by atoms with Crippen LogP contribution in [0.25, 0.3) is 0 Å². The van der Waals surface area contributed by atoms with Gasteiger partial charge in [-0.25, -0.2) is 8.42 Å². The normalized spacial score (nSPS) is 25.3. The Kier molecular flexibility index (Phi) is 2.60. The predicted molar refractivity (Wildman–Crippen MR) is 57.6 cm³/mol. The Hall–Kier alpha value is -0.810. The largest absolute Gasteiger partial charge is 0.466 e. The smallest absolute Gasteiger partial charge is 0.153 e. The van der Waals surface area contributed by atoms with Gasteiger partial charge in [0, 0.05) is 18.2 Å². The van der Waals surface area contributed by atoms with Gasteiger partial charge in [0.05, 0.1) is 11.5 Å². The molecule has 0 saturated carbocycles. The first-order valence-electron chi connectivity index (χ1n) is 4.99. The predicted octanol–water partition coefficient (Wildman–Crippen LogP) is 0.956. The molecule has 1 atom stereocenters. The minimum atomic E-state index is -2.89. The van der Waals surface area contributed by atoms with Gasteiger partial charge < -0.3 is 9.73 Å². The first kappa shape index (κ1) is 10.7. The lowest BCUT2D eigenvalue weighted by atomic mass is 10.1. The molecule has 1 aliphatic heterocycles. The van der Waals surface area contributed by atoms with E-state index >= 15 is 0 Å². The molecule has 2 heterocycles. The Balaban J connectivity index is 2.28. The zero-order valence-electron chi connectivity index (χ0n) is 8.91. The van der Waals surface area contributed by atoms with Crippen LogP contribution in [-0.2, 0) is 9.84 Å². The Morgan fingerprint density at radius 1 is 1.47 bits per heavy atom. The monoisotopic (exact) mass is 229 g/mol. The summed E-state index contributed by atoms with van der Waals surface area (Å²) in [5, 5.41) is 3.21. The molecule has 1 aromatic heterocycles. The molecule has 0 spiro atoms. The third kappa shape index (κ3) is 2.23. The van der Waals surface area contributed by atoms with Gasteiger partial charge in [0.1, 0.15) is 11.5 Å². The molecule has 1 saturated heterocycles. The number of furan rings is 1. The Bertz CT molecular complexity index is 461. The van der Waals surface area contributed by atoms with Crippen molar-refractivity contribution >= 4 is 9.84 Å². The fourth-order valence-corrected chi connectivity index (χ4v) is 3.38. The quantitative estimate of drug-likeness (QED) is 0.779. The topological polar surface area (TPSA) is 59.3 Å². The van der Waals surface area contributed by atoms with Gasteiger partial charge in [0.15, 0.2) is 9.84 Å². The molecule has 1 aromatic rings. The zero-order chi connectivity index (χ0) is 11.1. The molecule has 1 unspecified atom stereocenters. The fourth-order valence-electron chi connectivity index (χ4n) is 1.98. The van der Waals surface area contributed by atoms with Crippen LogP contribution in [0.5, 0.6) is 0 Å². The standard InChI is InChI=1S/C10H15NO3S/c1-7-5-9(8(2)14-7)10-6-15(12,13)4-3-11-10/h5,10-11H,3-4,6H2,1-2H3. The highest BCUT2D eigenvalue weighted by molar-refractivity contribution is 7.91. The van der Waals surface area contributed by atoms with Crippen LogP contribution in [0.3, 0.4) is 0 Å². The van der Waals surface area contributed by atoms with Crippen LogP contribution in [0.4, 0.5) is 0 Å². The maximum atomic E-state index is 11.5. The average Bonchev–Trinajstić information content (AvgIpc) is 2.43. The molecule has 5 heteroatoms. The van der Waals surface area contributed by atoms with Gasteiger partial charge in [-0.15, -0.1) is 0 Å². The van der Waals surface area contributed by atoms with E-state index in [-0.39, 0.29) is 17.5 Å². The number of aryl methyl sites for hydroxylation is 2. The first-order valence-corrected chi connectivity index (χ1v) is 6.81. The minimum absolute atomic E-state index is 0.110. The third-order valence-corrected chi connectivity index (χ3v) is 4.35. The van der Waals surface area contributed by atoms with E-state index in [1.54, 1.807) is 0 Å². The van der Waals surface area contributed by atoms with Gasteiger partial charge >= 0.3 is 0 Å². The molecular weight excluding hydrogens is 214 g/mol. The number of rotatable bonds is 1. The molecule has 4 nitrogen and oxygen atoms in total. The second kappa shape index (κ2) is 3.64. The first-order chi connectivity index (χ1) is 6.98. The molecule has 2 rings (SSSR count). The van der Waals surface area contributed by atoms with E-state index in [1.165, 1.54) is 0 Å². The molecule has 0 aliphatic carbocycles. The SMILES string of the molecule is Cc1cc(C2CS(=O)(=O)CCN2)c(C)o1. The molecule has 0 radical (unpaired) electrons. The van der Waals surface area contributed by atoms with Crippen molar-refractivity contribution in [1.29, 1.82) is 0 Å². The lowest BCUT2D eigenvalue weighted by Crippen LogP contribution is -2.39. The highest BCUT2D eigenvalue weighted by Crippen LogP contribution is 2.24. The molecule has 1 fully saturated rings. The van der Waals surface area contributed by atoms with Crippen molar-refractivity contribution in [1.82, 2.24) is 5.32 Å². The van der Waals surface area contributed by atoms with E-state index < -0.39 is 9.84 Å². The van der Waals surface area contributed by atoms with Crippen LogP contribution < -0.4 is 5.32 Å². The van der Waals surface area contributed by atoms with E-state index in [9.17, 15) is 8.42 Å². The van der Waals surface area contributed by atoms with Crippen molar-refractivity contribution < 1.29 is 12.8 Å². The highest BCUT2D eigenvalue weighted by atomic mass is 32.2. The molecule has 1 N–H and O–H groups in total. The van der Waals surface area contributed by atoms with Gasteiger partial charge in [-0.3, -0.25) is 0 Å². The summed E-state index contributed by atoms with van der Waals surface area (Å²) in [6, 6.07) is 1.80. The second-order valence-electron chi connectivity index (χ2n) is 3.99. The Labute approximate surface area is 89.6 Å². The van der Waals surface area contributed by atoms with Crippen LogP contribution in [-0.4, -0.2) is 26.5 Å². The van der Waals surface area contributed by atoms with Crippen molar-refractivity contribution in [3.8, 4) is 0 Å². The summed E-state index contributed by atoms with van der Waals surface area (Å²) < 4.78 is 28.4. The van der Waals surface area contributed by atoms with Crippen molar-refractivity contribution in [2.75, 3.05) is 18.1 Å². The second-order valence-corrected chi connectivity index (χ2v) is 6.22. The van der Waals surface area contributed by atoms with Gasteiger partial charge in [-0.1, -0.05) is 0 Å². The van der Waals surface area contributed by atoms with E-state index in [0.717, 1.165) is 17.1 Å². The number of hydrogen-bond donors (Lipinski definition) is 1. The fraction of sp³-hybridized carbons (Fsp3) is 0.600. The molecule has 0 aromatic carbocycles. The summed E-state index contributed by atoms with van der Waals surface area (Å²) in [4.78, 5) is 0.